The van der Waals surface area contributed by atoms with Gasteiger partial charge in [-0.1, -0.05) is 0 Å². The first kappa shape index (κ1) is 17.3. The van der Waals surface area contributed by atoms with Crippen LogP contribution in [0.3, 0.4) is 0 Å². The maximum absolute atomic E-state index is 12.8. The van der Waals surface area contributed by atoms with Crippen LogP contribution < -0.4 is 10.5 Å². The fraction of sp³-hybridized carbons (Fsp3) is 0.312. The maximum atomic E-state index is 12.8. The van der Waals surface area contributed by atoms with Crippen molar-refractivity contribution in [3.8, 4) is 5.75 Å². The minimum absolute atomic E-state index is 0. The van der Waals surface area contributed by atoms with E-state index < -0.39 is 0 Å². The van der Waals surface area contributed by atoms with Crippen molar-refractivity contribution in [1.82, 2.24) is 4.90 Å². The molecule has 1 saturated heterocycles. The Morgan fingerprint density at radius 1 is 1.30 bits per heavy atom. The van der Waals surface area contributed by atoms with E-state index in [4.69, 9.17) is 14.9 Å². The highest BCUT2D eigenvalue weighted by Gasteiger charge is 2.26. The molecule has 1 aliphatic heterocycles. The third-order valence-corrected chi connectivity index (χ3v) is 3.58. The smallest absolute Gasteiger partial charge is 0.289 e. The van der Waals surface area contributed by atoms with Gasteiger partial charge < -0.3 is 19.8 Å². The van der Waals surface area contributed by atoms with Gasteiger partial charge in [0, 0.05) is 19.1 Å². The summed E-state index contributed by atoms with van der Waals surface area (Å²) in [6.07, 6.45) is 0.812. The molecule has 7 heteroatoms. The van der Waals surface area contributed by atoms with Crippen LogP contribution in [0.15, 0.2) is 40.8 Å². The van der Waals surface area contributed by atoms with Gasteiger partial charge in [-0.05, 0) is 42.8 Å². The monoisotopic (exact) mass is 340 g/mol. The number of halogens is 2. The molecule has 1 aromatic heterocycles. The van der Waals surface area contributed by atoms with E-state index >= 15 is 0 Å². The molecule has 1 aliphatic rings. The van der Waals surface area contributed by atoms with Crippen LogP contribution in [0.2, 0.25) is 0 Å². The number of hydrogen-bond acceptors (Lipinski definition) is 4. The van der Waals surface area contributed by atoms with Crippen LogP contribution in [0.25, 0.3) is 0 Å². The molecule has 2 aromatic rings. The van der Waals surface area contributed by atoms with Crippen LogP contribution in [0.4, 0.5) is 4.39 Å². The average molecular weight is 341 g/mol. The molecule has 2 N–H and O–H groups in total. The van der Waals surface area contributed by atoms with Gasteiger partial charge in [0.2, 0.25) is 0 Å². The van der Waals surface area contributed by atoms with E-state index in [1.54, 1.807) is 17.0 Å². The number of benzene rings is 1. The lowest BCUT2D eigenvalue weighted by molar-refractivity contribution is 0.0755. The van der Waals surface area contributed by atoms with Gasteiger partial charge in [-0.2, -0.15) is 0 Å². The van der Waals surface area contributed by atoms with Gasteiger partial charge in [-0.25, -0.2) is 4.39 Å². The number of hydrogen-bond donors (Lipinski definition) is 1. The number of nitrogens with zero attached hydrogens (tertiary/aromatic N) is 1. The van der Waals surface area contributed by atoms with Crippen LogP contribution in [0, 0.1) is 5.82 Å². The van der Waals surface area contributed by atoms with E-state index in [1.807, 2.05) is 0 Å². The fourth-order valence-electron chi connectivity index (χ4n) is 2.38. The van der Waals surface area contributed by atoms with Gasteiger partial charge in [0.05, 0.1) is 0 Å². The van der Waals surface area contributed by atoms with Crippen molar-refractivity contribution in [1.29, 1.82) is 0 Å². The number of furan rings is 1. The van der Waals surface area contributed by atoms with Crippen molar-refractivity contribution < 1.29 is 18.3 Å². The molecule has 23 heavy (non-hydrogen) atoms. The van der Waals surface area contributed by atoms with Crippen LogP contribution in [0.5, 0.6) is 5.75 Å². The van der Waals surface area contributed by atoms with Gasteiger partial charge in [-0.3, -0.25) is 4.79 Å². The Hall–Kier alpha value is -2.05. The van der Waals surface area contributed by atoms with E-state index in [0.29, 0.717) is 24.6 Å². The Balaban J connectivity index is 0.00000192. The molecule has 1 fully saturated rings. The predicted octanol–water partition coefficient (Wildman–Crippen LogP) is 2.59. The number of rotatable bonds is 4. The summed E-state index contributed by atoms with van der Waals surface area (Å²) in [6.45, 7) is 1.39. The number of carbonyl (C=O) groups excluding carboxylic acids is 1. The van der Waals surface area contributed by atoms with Gasteiger partial charge >= 0.3 is 0 Å². The van der Waals surface area contributed by atoms with Crippen molar-refractivity contribution in [2.24, 2.45) is 5.73 Å². The average Bonchev–Trinajstić information content (AvgIpc) is 3.15. The largest absolute Gasteiger partial charge is 0.486 e. The van der Waals surface area contributed by atoms with E-state index in [1.165, 1.54) is 24.3 Å². The summed E-state index contributed by atoms with van der Waals surface area (Å²) >= 11 is 0. The lowest BCUT2D eigenvalue weighted by Crippen LogP contribution is -2.31. The van der Waals surface area contributed by atoms with E-state index in [9.17, 15) is 9.18 Å². The normalized spacial score (nSPS) is 17.0. The first-order chi connectivity index (χ1) is 10.6. The Morgan fingerprint density at radius 2 is 2.04 bits per heavy atom. The molecule has 124 valence electrons. The number of ether oxygens (including phenoxy) is 1. The van der Waals surface area contributed by atoms with Crippen molar-refractivity contribution in [3.63, 3.8) is 0 Å². The minimum Gasteiger partial charge on any atom is -0.486 e. The Morgan fingerprint density at radius 3 is 2.70 bits per heavy atom. The second-order valence-electron chi connectivity index (χ2n) is 5.31. The Bertz CT molecular complexity index is 660. The quantitative estimate of drug-likeness (QED) is 0.928. The molecule has 2 heterocycles. The zero-order valence-corrected chi connectivity index (χ0v) is 13.2. The number of carbonyl (C=O) groups is 1. The zero-order chi connectivity index (χ0) is 15.5. The molecule has 1 amide bonds. The minimum atomic E-state index is -0.318. The number of likely N-dealkylation sites (tertiary alicyclic amines) is 1. The predicted molar refractivity (Wildman–Crippen MR) is 85.2 cm³/mol. The van der Waals surface area contributed by atoms with E-state index in [0.717, 1.165) is 6.42 Å². The van der Waals surface area contributed by atoms with E-state index in [2.05, 4.69) is 0 Å². The van der Waals surface area contributed by atoms with Crippen molar-refractivity contribution in [2.45, 2.75) is 19.1 Å². The molecule has 5 nitrogen and oxygen atoms in total. The third kappa shape index (κ3) is 4.24. The first-order valence-electron chi connectivity index (χ1n) is 7.14. The first-order valence-corrected chi connectivity index (χ1v) is 7.14. The maximum Gasteiger partial charge on any atom is 0.289 e. The molecule has 3 rings (SSSR count). The standard InChI is InChI=1S/C16H17FN2O3.ClH/c17-11-1-3-13(4-2-11)21-10-14-5-6-15(22-14)16(20)19-8-7-12(18)9-19;/h1-6,12H,7-10,18H2;1H/t12-;/m1./s1. The Kier molecular flexibility index (Phi) is 5.63. The Labute approximate surface area is 139 Å². The SMILES string of the molecule is Cl.N[C@@H]1CCN(C(=O)c2ccc(COc3ccc(F)cc3)o2)C1. The van der Waals surface area contributed by atoms with Gasteiger partial charge in [0.15, 0.2) is 5.76 Å². The molecule has 0 unspecified atom stereocenters. The van der Waals surface area contributed by atoms with Crippen LogP contribution >= 0.6 is 12.4 Å². The summed E-state index contributed by atoms with van der Waals surface area (Å²) < 4.78 is 23.8. The second-order valence-corrected chi connectivity index (χ2v) is 5.31. The number of amides is 1. The van der Waals surface area contributed by atoms with Crippen molar-refractivity contribution >= 4 is 18.3 Å². The molecular weight excluding hydrogens is 323 g/mol. The fourth-order valence-corrected chi connectivity index (χ4v) is 2.38. The zero-order valence-electron chi connectivity index (χ0n) is 12.4. The highest BCUT2D eigenvalue weighted by molar-refractivity contribution is 5.91. The molecule has 0 saturated carbocycles. The van der Waals surface area contributed by atoms with Gasteiger partial charge in [0.1, 0.15) is 23.9 Å². The van der Waals surface area contributed by atoms with Crippen LogP contribution in [0.1, 0.15) is 22.7 Å². The highest BCUT2D eigenvalue weighted by atomic mass is 35.5. The molecular formula is C16H18ClFN2O3. The third-order valence-electron chi connectivity index (χ3n) is 3.58. The molecule has 0 bridgehead atoms. The summed E-state index contributed by atoms with van der Waals surface area (Å²) in [4.78, 5) is 13.9. The van der Waals surface area contributed by atoms with Crippen LogP contribution in [-0.4, -0.2) is 29.9 Å². The lowest BCUT2D eigenvalue weighted by atomic mass is 10.3. The second kappa shape index (κ2) is 7.48. The topological polar surface area (TPSA) is 68.7 Å². The van der Waals surface area contributed by atoms with Crippen LogP contribution in [-0.2, 0) is 6.61 Å². The lowest BCUT2D eigenvalue weighted by Gasteiger charge is -2.13. The molecule has 0 spiro atoms. The summed E-state index contributed by atoms with van der Waals surface area (Å²) in [5.41, 5.74) is 5.80. The molecule has 1 atom stereocenters. The van der Waals surface area contributed by atoms with E-state index in [-0.39, 0.29) is 42.5 Å². The summed E-state index contributed by atoms with van der Waals surface area (Å²) in [7, 11) is 0. The highest BCUT2D eigenvalue weighted by Crippen LogP contribution is 2.17. The van der Waals surface area contributed by atoms with Crippen molar-refractivity contribution in [3.05, 3.63) is 53.7 Å². The molecule has 0 radical (unpaired) electrons. The number of nitrogens with two attached hydrogens (primary N) is 1. The summed E-state index contributed by atoms with van der Waals surface area (Å²) in [6, 6.07) is 9.10. The van der Waals surface area contributed by atoms with Gasteiger partial charge in [-0.15, -0.1) is 12.4 Å². The molecule has 0 aliphatic carbocycles. The van der Waals surface area contributed by atoms with Crippen molar-refractivity contribution in [2.75, 3.05) is 13.1 Å². The van der Waals surface area contributed by atoms with Gasteiger partial charge in [0.25, 0.3) is 5.91 Å². The summed E-state index contributed by atoms with van der Waals surface area (Å²) in [5, 5.41) is 0. The summed E-state index contributed by atoms with van der Waals surface area (Å²) in [5.74, 6) is 0.891. The molecule has 1 aromatic carbocycles.